The van der Waals surface area contributed by atoms with Gasteiger partial charge in [0.1, 0.15) is 0 Å². The molecule has 1 aromatic rings. The van der Waals surface area contributed by atoms with Crippen LogP contribution in [0.2, 0.25) is 0 Å². The molecule has 5 rings (SSSR count). The largest absolute Gasteiger partial charge is 0.390 e. The molecule has 5 heteroatoms. The number of hydrogen-bond acceptors (Lipinski definition) is 4. The third kappa shape index (κ3) is 3.40. The zero-order chi connectivity index (χ0) is 22.0. The van der Waals surface area contributed by atoms with Crippen LogP contribution < -0.4 is 0 Å². The van der Waals surface area contributed by atoms with Gasteiger partial charge in [0, 0.05) is 0 Å². The van der Waals surface area contributed by atoms with Gasteiger partial charge in [-0.2, -0.15) is 4.80 Å². The van der Waals surface area contributed by atoms with Gasteiger partial charge >= 0.3 is 0 Å². The monoisotopic (exact) mass is 428 g/mol. The molecule has 1 aromatic heterocycles. The highest BCUT2D eigenvalue weighted by Gasteiger charge is 2.61. The van der Waals surface area contributed by atoms with E-state index in [2.05, 4.69) is 43.1 Å². The lowest BCUT2D eigenvalue weighted by molar-refractivity contribution is -0.152. The Bertz CT molecular complexity index is 809. The van der Waals surface area contributed by atoms with Crippen LogP contribution in [0.15, 0.2) is 0 Å². The van der Waals surface area contributed by atoms with Crippen molar-refractivity contribution in [1.29, 1.82) is 0 Å². The van der Waals surface area contributed by atoms with Gasteiger partial charge in [0.25, 0.3) is 0 Å². The van der Waals surface area contributed by atoms with Crippen molar-refractivity contribution in [3.63, 3.8) is 0 Å². The van der Waals surface area contributed by atoms with Gasteiger partial charge in [0.05, 0.1) is 12.1 Å². The molecule has 174 valence electrons. The standard InChI is InChI=1S/C26H44N4O/c1-6-26(31)14-13-24(4)19(15-26)7-8-20-22-10-9-21(25(22,5)12-11-23(20)24)17(2)16-30-28-18(3)27-29-30/h17,19-23,31H,6-16H2,1-5H3/t17-,19+,20+,21?,22+,23+,24+,25-,26-/m1/s1. The molecule has 0 radical (unpaired) electrons. The summed E-state index contributed by atoms with van der Waals surface area (Å²) in [7, 11) is 0. The summed E-state index contributed by atoms with van der Waals surface area (Å²) >= 11 is 0. The Labute approximate surface area is 188 Å². The van der Waals surface area contributed by atoms with E-state index in [1.54, 1.807) is 0 Å². The number of rotatable bonds is 4. The van der Waals surface area contributed by atoms with E-state index in [0.717, 1.165) is 61.2 Å². The first-order valence-corrected chi connectivity index (χ1v) is 13.2. The van der Waals surface area contributed by atoms with Gasteiger partial charge < -0.3 is 5.11 Å². The van der Waals surface area contributed by atoms with Gasteiger partial charge in [-0.3, -0.25) is 0 Å². The van der Waals surface area contributed by atoms with Crippen molar-refractivity contribution in [3.05, 3.63) is 5.82 Å². The molecule has 31 heavy (non-hydrogen) atoms. The fourth-order valence-corrected chi connectivity index (χ4v) is 9.40. The molecule has 4 aliphatic carbocycles. The first kappa shape index (κ1) is 21.9. The fraction of sp³-hybridized carbons (Fsp3) is 0.962. The lowest BCUT2D eigenvalue weighted by Crippen LogP contribution is -2.56. The maximum atomic E-state index is 11.0. The minimum atomic E-state index is -0.387. The van der Waals surface area contributed by atoms with E-state index < -0.39 is 0 Å². The molecular weight excluding hydrogens is 384 g/mol. The van der Waals surface area contributed by atoms with Gasteiger partial charge in [0.15, 0.2) is 5.82 Å². The minimum absolute atomic E-state index is 0.387. The number of aliphatic hydroxyl groups is 1. The van der Waals surface area contributed by atoms with Crippen molar-refractivity contribution in [2.45, 2.75) is 111 Å². The number of aryl methyl sites for hydroxylation is 1. The number of fused-ring (bicyclic) bond motifs is 5. The Kier molecular flexibility index (Phi) is 5.31. The molecule has 0 aromatic carbocycles. The van der Waals surface area contributed by atoms with E-state index in [1.807, 2.05) is 11.7 Å². The van der Waals surface area contributed by atoms with Crippen LogP contribution in [-0.4, -0.2) is 30.9 Å². The summed E-state index contributed by atoms with van der Waals surface area (Å²) in [5.74, 6) is 5.53. The second-order valence-corrected chi connectivity index (χ2v) is 12.5. The molecule has 0 spiro atoms. The number of tetrazole rings is 1. The van der Waals surface area contributed by atoms with E-state index in [-0.39, 0.29) is 5.60 Å². The number of aromatic nitrogens is 4. The van der Waals surface area contributed by atoms with Crippen molar-refractivity contribution < 1.29 is 5.11 Å². The Morgan fingerprint density at radius 2 is 1.81 bits per heavy atom. The van der Waals surface area contributed by atoms with Crippen molar-refractivity contribution in [1.82, 2.24) is 20.2 Å². The molecule has 0 amide bonds. The molecule has 1 N–H and O–H groups in total. The van der Waals surface area contributed by atoms with Gasteiger partial charge in [-0.25, -0.2) is 0 Å². The van der Waals surface area contributed by atoms with E-state index in [1.165, 1.54) is 44.9 Å². The van der Waals surface area contributed by atoms with E-state index in [0.29, 0.717) is 16.7 Å². The zero-order valence-corrected chi connectivity index (χ0v) is 20.5. The first-order chi connectivity index (χ1) is 14.7. The van der Waals surface area contributed by atoms with Gasteiger partial charge in [-0.1, -0.05) is 27.7 Å². The van der Waals surface area contributed by atoms with Gasteiger partial charge in [-0.05, 0) is 123 Å². The topological polar surface area (TPSA) is 63.8 Å². The van der Waals surface area contributed by atoms with Crippen molar-refractivity contribution in [3.8, 4) is 0 Å². The van der Waals surface area contributed by atoms with Crippen molar-refractivity contribution in [2.24, 2.45) is 46.3 Å². The Morgan fingerprint density at radius 3 is 2.52 bits per heavy atom. The van der Waals surface area contributed by atoms with Crippen LogP contribution in [0.4, 0.5) is 0 Å². The molecule has 4 aliphatic rings. The van der Waals surface area contributed by atoms with Crippen LogP contribution in [0.1, 0.15) is 97.7 Å². The average molecular weight is 429 g/mol. The van der Waals surface area contributed by atoms with E-state index in [9.17, 15) is 5.11 Å². The summed E-state index contributed by atoms with van der Waals surface area (Å²) in [4.78, 5) is 1.82. The third-order valence-electron chi connectivity index (χ3n) is 11.2. The maximum absolute atomic E-state index is 11.0. The highest BCUT2D eigenvalue weighted by Crippen LogP contribution is 2.68. The van der Waals surface area contributed by atoms with Crippen molar-refractivity contribution in [2.75, 3.05) is 0 Å². The molecule has 4 fully saturated rings. The van der Waals surface area contributed by atoms with Gasteiger partial charge in [0.2, 0.25) is 0 Å². The fourth-order valence-electron chi connectivity index (χ4n) is 9.40. The van der Waals surface area contributed by atoms with Gasteiger partial charge in [-0.15, -0.1) is 10.2 Å². The van der Waals surface area contributed by atoms with Crippen LogP contribution in [-0.2, 0) is 6.54 Å². The molecule has 0 aliphatic heterocycles. The predicted octanol–water partition coefficient (Wildman–Crippen LogP) is 5.42. The minimum Gasteiger partial charge on any atom is -0.390 e. The molecular formula is C26H44N4O. The normalized spacial score (nSPS) is 48.0. The van der Waals surface area contributed by atoms with E-state index in [4.69, 9.17) is 0 Å². The van der Waals surface area contributed by atoms with Crippen LogP contribution in [0, 0.1) is 53.3 Å². The summed E-state index contributed by atoms with van der Waals surface area (Å²) in [5.41, 5.74) is 0.539. The van der Waals surface area contributed by atoms with Crippen LogP contribution >= 0.6 is 0 Å². The predicted molar refractivity (Wildman–Crippen MR) is 122 cm³/mol. The van der Waals surface area contributed by atoms with Crippen LogP contribution in [0.25, 0.3) is 0 Å². The lowest BCUT2D eigenvalue weighted by atomic mass is 9.43. The molecule has 0 saturated heterocycles. The molecule has 4 saturated carbocycles. The van der Waals surface area contributed by atoms with E-state index >= 15 is 0 Å². The summed E-state index contributed by atoms with van der Waals surface area (Å²) in [5, 5.41) is 23.8. The van der Waals surface area contributed by atoms with Crippen molar-refractivity contribution >= 4 is 0 Å². The third-order valence-corrected chi connectivity index (χ3v) is 11.2. The Balaban J connectivity index is 1.33. The summed E-state index contributed by atoms with van der Waals surface area (Å²) in [6, 6.07) is 0. The summed E-state index contributed by atoms with van der Waals surface area (Å²) in [6.07, 6.45) is 12.5. The molecule has 1 unspecified atom stereocenters. The quantitative estimate of drug-likeness (QED) is 0.696. The second-order valence-electron chi connectivity index (χ2n) is 12.5. The Morgan fingerprint density at radius 1 is 1.03 bits per heavy atom. The SMILES string of the molecule is CC[C@@]1(O)CC[C@@]2(C)[C@@H](CC[C@@H]3[C@@H]2CC[C@]2(C)C([C@H](C)Cn4nnc(C)n4)CC[C@@H]32)C1. The molecule has 0 bridgehead atoms. The molecule has 5 nitrogen and oxygen atoms in total. The highest BCUT2D eigenvalue weighted by atomic mass is 16.3. The highest BCUT2D eigenvalue weighted by molar-refractivity contribution is 5.10. The molecule has 9 atom stereocenters. The number of hydrogen-bond donors (Lipinski definition) is 1. The first-order valence-electron chi connectivity index (χ1n) is 13.2. The Hall–Kier alpha value is -0.970. The van der Waals surface area contributed by atoms with Crippen LogP contribution in [0.5, 0.6) is 0 Å². The summed E-state index contributed by atoms with van der Waals surface area (Å²) in [6.45, 7) is 12.7. The maximum Gasteiger partial charge on any atom is 0.171 e. The summed E-state index contributed by atoms with van der Waals surface area (Å²) < 4.78 is 0. The van der Waals surface area contributed by atoms with Crippen LogP contribution in [0.3, 0.4) is 0 Å². The zero-order valence-electron chi connectivity index (χ0n) is 20.5. The average Bonchev–Trinajstić information content (AvgIpc) is 3.31. The number of nitrogens with zero attached hydrogens (tertiary/aromatic N) is 4. The molecule has 1 heterocycles. The lowest BCUT2D eigenvalue weighted by Gasteiger charge is -2.62. The second kappa shape index (κ2) is 7.53. The smallest absolute Gasteiger partial charge is 0.171 e.